The third-order valence-corrected chi connectivity index (χ3v) is 10.1. The SMILES string of the molecule is CC.CC(C)CCCC[C@H]1CC[C@H]2C3CC=C4C[C@@H](C)CC[C@]4(C)[C@H]3CC[C@]12C. The van der Waals surface area contributed by atoms with E-state index in [0.29, 0.717) is 10.8 Å². The van der Waals surface area contributed by atoms with Crippen LogP contribution in [0.3, 0.4) is 0 Å². The van der Waals surface area contributed by atoms with Crippen LogP contribution in [-0.4, -0.2) is 0 Å². The molecule has 3 saturated carbocycles. The number of hydrogen-bond donors (Lipinski definition) is 0. The van der Waals surface area contributed by atoms with Gasteiger partial charge in [0, 0.05) is 0 Å². The molecular formula is C29H52. The van der Waals surface area contributed by atoms with Crippen molar-refractivity contribution in [2.75, 3.05) is 0 Å². The van der Waals surface area contributed by atoms with Crippen LogP contribution < -0.4 is 0 Å². The summed E-state index contributed by atoms with van der Waals surface area (Å²) < 4.78 is 0. The Kier molecular flexibility index (Phi) is 7.65. The molecule has 0 bridgehead atoms. The van der Waals surface area contributed by atoms with Crippen LogP contribution in [-0.2, 0) is 0 Å². The molecule has 0 nitrogen and oxygen atoms in total. The molecule has 7 atom stereocenters. The summed E-state index contributed by atoms with van der Waals surface area (Å²) in [5.41, 5.74) is 3.10. The molecule has 4 rings (SSSR count). The van der Waals surface area contributed by atoms with Gasteiger partial charge in [0.15, 0.2) is 0 Å². The van der Waals surface area contributed by atoms with Crippen LogP contribution >= 0.6 is 0 Å². The van der Waals surface area contributed by atoms with Gasteiger partial charge in [-0.05, 0) is 104 Å². The lowest BCUT2D eigenvalue weighted by Gasteiger charge is -2.58. The Bertz CT molecular complexity index is 556. The molecule has 0 aromatic heterocycles. The van der Waals surface area contributed by atoms with Gasteiger partial charge in [0.1, 0.15) is 0 Å². The average molecular weight is 401 g/mol. The molecule has 3 fully saturated rings. The van der Waals surface area contributed by atoms with Gasteiger partial charge in [-0.3, -0.25) is 0 Å². The molecule has 0 aromatic carbocycles. The van der Waals surface area contributed by atoms with Crippen LogP contribution in [0.4, 0.5) is 0 Å². The summed E-state index contributed by atoms with van der Waals surface area (Å²) in [5.74, 6) is 5.88. The molecule has 0 aromatic rings. The van der Waals surface area contributed by atoms with E-state index < -0.39 is 0 Å². The Morgan fingerprint density at radius 3 is 2.45 bits per heavy atom. The van der Waals surface area contributed by atoms with Gasteiger partial charge < -0.3 is 0 Å². The Morgan fingerprint density at radius 2 is 1.72 bits per heavy atom. The largest absolute Gasteiger partial charge is 0.0845 e. The van der Waals surface area contributed by atoms with Crippen LogP contribution in [0.15, 0.2) is 11.6 Å². The van der Waals surface area contributed by atoms with Crippen LogP contribution in [0.2, 0.25) is 0 Å². The predicted molar refractivity (Wildman–Crippen MR) is 129 cm³/mol. The summed E-state index contributed by atoms with van der Waals surface area (Å²) in [6, 6.07) is 0. The fraction of sp³-hybridized carbons (Fsp3) is 0.931. The molecule has 29 heavy (non-hydrogen) atoms. The van der Waals surface area contributed by atoms with E-state index in [0.717, 1.165) is 35.5 Å². The number of allylic oxidation sites excluding steroid dienone is 2. The molecule has 0 spiro atoms. The van der Waals surface area contributed by atoms with Crippen molar-refractivity contribution < 1.29 is 0 Å². The molecule has 4 aliphatic rings. The van der Waals surface area contributed by atoms with Gasteiger partial charge in [0.25, 0.3) is 0 Å². The minimum atomic E-state index is 0.562. The second-order valence-electron chi connectivity index (χ2n) is 12.1. The van der Waals surface area contributed by atoms with E-state index in [1.807, 2.05) is 19.4 Å². The number of rotatable bonds is 5. The highest BCUT2D eigenvalue weighted by atomic mass is 14.6. The maximum Gasteiger partial charge on any atom is -0.00851 e. The van der Waals surface area contributed by atoms with Crippen LogP contribution in [0, 0.1) is 46.3 Å². The van der Waals surface area contributed by atoms with Gasteiger partial charge in [0.05, 0.1) is 0 Å². The molecule has 0 heteroatoms. The third-order valence-electron chi connectivity index (χ3n) is 10.1. The van der Waals surface area contributed by atoms with E-state index in [1.165, 1.54) is 70.6 Å². The number of hydrogen-bond acceptors (Lipinski definition) is 0. The molecule has 0 saturated heterocycles. The fourth-order valence-corrected chi connectivity index (χ4v) is 8.37. The average Bonchev–Trinajstić information content (AvgIpc) is 3.03. The van der Waals surface area contributed by atoms with E-state index in [9.17, 15) is 0 Å². The maximum atomic E-state index is 2.75. The lowest BCUT2D eigenvalue weighted by molar-refractivity contribution is -0.0450. The Labute approximate surface area is 183 Å². The molecule has 168 valence electrons. The Morgan fingerprint density at radius 1 is 0.966 bits per heavy atom. The van der Waals surface area contributed by atoms with Crippen molar-refractivity contribution in [3.63, 3.8) is 0 Å². The van der Waals surface area contributed by atoms with Crippen LogP contribution in [0.25, 0.3) is 0 Å². The first-order chi connectivity index (χ1) is 13.8. The fourth-order valence-electron chi connectivity index (χ4n) is 8.37. The minimum absolute atomic E-state index is 0.562. The van der Waals surface area contributed by atoms with Crippen LogP contribution in [0.5, 0.6) is 0 Å². The van der Waals surface area contributed by atoms with Crippen molar-refractivity contribution >= 4 is 0 Å². The van der Waals surface area contributed by atoms with Crippen molar-refractivity contribution in [1.29, 1.82) is 0 Å². The Balaban J connectivity index is 0.00000117. The first kappa shape index (κ1) is 23.4. The first-order valence-corrected chi connectivity index (χ1v) is 13.5. The lowest BCUT2D eigenvalue weighted by Crippen LogP contribution is -2.49. The van der Waals surface area contributed by atoms with Crippen molar-refractivity contribution in [1.82, 2.24) is 0 Å². The van der Waals surface area contributed by atoms with Crippen molar-refractivity contribution in [2.24, 2.45) is 46.3 Å². The van der Waals surface area contributed by atoms with E-state index in [4.69, 9.17) is 0 Å². The van der Waals surface area contributed by atoms with Crippen molar-refractivity contribution in [2.45, 2.75) is 126 Å². The second kappa shape index (κ2) is 9.48. The third kappa shape index (κ3) is 4.39. The second-order valence-corrected chi connectivity index (χ2v) is 12.1. The van der Waals surface area contributed by atoms with E-state index in [-0.39, 0.29) is 0 Å². The standard InChI is InChI=1S/C27H46.C2H6/c1-19(2)8-6-7-9-21-11-13-24-23-12-10-22-18-20(3)14-16-27(22,5)25(23)15-17-26(21,24)4;1-2/h10,19-21,23-25H,6-9,11-18H2,1-5H3;1-2H3/t20-,21-,23?,24-,25-,26+,27-;/m0./s1. The summed E-state index contributed by atoms with van der Waals surface area (Å²) in [4.78, 5) is 0. The smallest absolute Gasteiger partial charge is 0.00851 e. The maximum absolute atomic E-state index is 2.75. The zero-order valence-electron chi connectivity index (χ0n) is 21.0. The zero-order chi connectivity index (χ0) is 21.2. The molecule has 0 radical (unpaired) electrons. The molecule has 0 N–H and O–H groups in total. The molecule has 1 unspecified atom stereocenters. The molecule has 0 amide bonds. The highest BCUT2D eigenvalue weighted by Crippen LogP contribution is 2.67. The minimum Gasteiger partial charge on any atom is -0.0845 e. The topological polar surface area (TPSA) is 0 Å². The lowest BCUT2D eigenvalue weighted by atomic mass is 9.47. The summed E-state index contributed by atoms with van der Waals surface area (Å²) in [7, 11) is 0. The van der Waals surface area contributed by atoms with Gasteiger partial charge in [0.2, 0.25) is 0 Å². The quantitative estimate of drug-likeness (QED) is 0.318. The number of fused-ring (bicyclic) bond motifs is 5. The molecule has 4 aliphatic carbocycles. The summed E-state index contributed by atoms with van der Waals surface area (Å²) in [5, 5.41) is 0. The summed E-state index contributed by atoms with van der Waals surface area (Å²) >= 11 is 0. The van der Waals surface area contributed by atoms with E-state index in [1.54, 1.807) is 6.42 Å². The first-order valence-electron chi connectivity index (χ1n) is 13.5. The summed E-state index contributed by atoms with van der Waals surface area (Å²) in [6.45, 7) is 16.6. The van der Waals surface area contributed by atoms with E-state index >= 15 is 0 Å². The predicted octanol–water partition coefficient (Wildman–Crippen LogP) is 9.44. The van der Waals surface area contributed by atoms with Crippen molar-refractivity contribution in [3.05, 3.63) is 11.6 Å². The van der Waals surface area contributed by atoms with Gasteiger partial charge >= 0.3 is 0 Å². The summed E-state index contributed by atoms with van der Waals surface area (Å²) in [6.07, 6.45) is 20.6. The van der Waals surface area contributed by atoms with Crippen molar-refractivity contribution in [3.8, 4) is 0 Å². The van der Waals surface area contributed by atoms with Gasteiger partial charge in [-0.2, -0.15) is 0 Å². The van der Waals surface area contributed by atoms with E-state index in [2.05, 4.69) is 40.7 Å². The van der Waals surface area contributed by atoms with Gasteiger partial charge in [-0.25, -0.2) is 0 Å². The number of unbranched alkanes of at least 4 members (excludes halogenated alkanes) is 1. The normalized spacial score (nSPS) is 43.6. The Hall–Kier alpha value is -0.260. The molecular weight excluding hydrogens is 348 g/mol. The highest BCUT2D eigenvalue weighted by molar-refractivity contribution is 5.24. The molecule has 0 aliphatic heterocycles. The molecule has 0 heterocycles. The van der Waals surface area contributed by atoms with Crippen LogP contribution in [0.1, 0.15) is 126 Å². The van der Waals surface area contributed by atoms with Gasteiger partial charge in [-0.1, -0.05) is 79.4 Å². The van der Waals surface area contributed by atoms with Gasteiger partial charge in [-0.15, -0.1) is 0 Å². The zero-order valence-corrected chi connectivity index (χ0v) is 21.0. The highest BCUT2D eigenvalue weighted by Gasteiger charge is 2.58. The monoisotopic (exact) mass is 400 g/mol.